The molecule has 0 unspecified atom stereocenters. The molecule has 0 saturated heterocycles. The van der Waals surface area contributed by atoms with E-state index in [0.29, 0.717) is 17.6 Å². The molecule has 0 fully saturated rings. The van der Waals surface area contributed by atoms with Crippen molar-refractivity contribution < 1.29 is 19.6 Å². The average molecular weight is 285 g/mol. The topological polar surface area (TPSA) is 78.8 Å². The van der Waals surface area contributed by atoms with Crippen LogP contribution in [-0.4, -0.2) is 30.2 Å². The van der Waals surface area contributed by atoms with Gasteiger partial charge >= 0.3 is 13.1 Å². The second-order valence-electron chi connectivity index (χ2n) is 4.50. The zero-order valence-corrected chi connectivity index (χ0v) is 11.6. The number of carbonyl (C=O) groups is 1. The van der Waals surface area contributed by atoms with Crippen molar-refractivity contribution in [1.82, 2.24) is 0 Å². The first-order valence-electron chi connectivity index (χ1n) is 6.48. The number of methoxy groups -OCH3 is 1. The van der Waals surface area contributed by atoms with Gasteiger partial charge in [-0.2, -0.15) is 0 Å². The molecule has 0 radical (unpaired) electrons. The van der Waals surface area contributed by atoms with Gasteiger partial charge in [0, 0.05) is 12.2 Å². The number of carbonyl (C=O) groups excluding carboxylic acids is 1. The molecule has 0 aliphatic carbocycles. The van der Waals surface area contributed by atoms with E-state index < -0.39 is 13.1 Å². The van der Waals surface area contributed by atoms with Crippen molar-refractivity contribution in [1.29, 1.82) is 0 Å². The van der Waals surface area contributed by atoms with Crippen LogP contribution < -0.4 is 10.8 Å². The largest absolute Gasteiger partial charge is 0.488 e. The highest BCUT2D eigenvalue weighted by molar-refractivity contribution is 6.59. The van der Waals surface area contributed by atoms with Gasteiger partial charge in [0.2, 0.25) is 0 Å². The van der Waals surface area contributed by atoms with E-state index in [4.69, 9.17) is 0 Å². The van der Waals surface area contributed by atoms with Crippen LogP contribution in [0, 0.1) is 0 Å². The van der Waals surface area contributed by atoms with E-state index in [-0.39, 0.29) is 0 Å². The van der Waals surface area contributed by atoms with Gasteiger partial charge in [-0.1, -0.05) is 30.3 Å². The number of anilines is 1. The summed E-state index contributed by atoms with van der Waals surface area (Å²) in [6.45, 7) is 0.415. The van der Waals surface area contributed by atoms with E-state index in [9.17, 15) is 14.8 Å². The van der Waals surface area contributed by atoms with Crippen LogP contribution in [0.2, 0.25) is 0 Å². The molecule has 0 heterocycles. The van der Waals surface area contributed by atoms with Crippen molar-refractivity contribution in [3.63, 3.8) is 0 Å². The third-order valence-electron chi connectivity index (χ3n) is 3.10. The van der Waals surface area contributed by atoms with Crippen molar-refractivity contribution >= 4 is 24.2 Å². The Hall–Kier alpha value is -2.31. The molecule has 3 N–H and O–H groups in total. The number of nitrogens with one attached hydrogen (secondary N) is 1. The van der Waals surface area contributed by atoms with Crippen LogP contribution in [0.4, 0.5) is 5.69 Å². The lowest BCUT2D eigenvalue weighted by Gasteiger charge is -2.11. The molecular formula is C15H16BNO4. The first kappa shape index (κ1) is 15.1. The van der Waals surface area contributed by atoms with Crippen LogP contribution >= 0.6 is 0 Å². The maximum Gasteiger partial charge on any atom is 0.488 e. The summed E-state index contributed by atoms with van der Waals surface area (Å²) in [5.74, 6) is -0.398. The normalized spacial score (nSPS) is 10.0. The minimum absolute atomic E-state index is 0.398. The van der Waals surface area contributed by atoms with Crippen LogP contribution in [0.15, 0.2) is 48.5 Å². The summed E-state index contributed by atoms with van der Waals surface area (Å²) in [5, 5.41) is 21.8. The number of hydrogen-bond acceptors (Lipinski definition) is 5. The molecule has 108 valence electrons. The maximum absolute atomic E-state index is 11.5. The lowest BCUT2D eigenvalue weighted by molar-refractivity contribution is 0.0601. The molecule has 0 atom stereocenters. The summed E-state index contributed by atoms with van der Waals surface area (Å²) in [7, 11) is -0.175. The van der Waals surface area contributed by atoms with Crippen molar-refractivity contribution in [2.75, 3.05) is 12.4 Å². The summed E-state index contributed by atoms with van der Waals surface area (Å²) in [5.41, 5.74) is 2.43. The smallest absolute Gasteiger partial charge is 0.465 e. The zero-order valence-electron chi connectivity index (χ0n) is 11.6. The second kappa shape index (κ2) is 6.92. The molecule has 0 saturated carbocycles. The van der Waals surface area contributed by atoms with Crippen LogP contribution in [0.25, 0.3) is 0 Å². The van der Waals surface area contributed by atoms with Crippen LogP contribution in [-0.2, 0) is 11.3 Å². The highest BCUT2D eigenvalue weighted by atomic mass is 16.5. The highest BCUT2D eigenvalue weighted by Gasteiger charge is 2.14. The molecule has 0 bridgehead atoms. The highest BCUT2D eigenvalue weighted by Crippen LogP contribution is 2.12. The van der Waals surface area contributed by atoms with Gasteiger partial charge in [-0.05, 0) is 29.2 Å². The van der Waals surface area contributed by atoms with Gasteiger partial charge in [0.1, 0.15) is 0 Å². The SMILES string of the molecule is COC(=O)c1cccc(NCc2ccccc2B(O)O)c1. The van der Waals surface area contributed by atoms with Crippen molar-refractivity contribution in [2.45, 2.75) is 6.54 Å². The predicted molar refractivity (Wildman–Crippen MR) is 81.4 cm³/mol. The second-order valence-corrected chi connectivity index (χ2v) is 4.50. The molecule has 0 aromatic heterocycles. The summed E-state index contributed by atoms with van der Waals surface area (Å²) in [6.07, 6.45) is 0. The van der Waals surface area contributed by atoms with Gasteiger partial charge in [-0.15, -0.1) is 0 Å². The van der Waals surface area contributed by atoms with E-state index in [1.807, 2.05) is 18.2 Å². The first-order chi connectivity index (χ1) is 10.1. The van der Waals surface area contributed by atoms with Crippen molar-refractivity contribution in [2.24, 2.45) is 0 Å². The Morgan fingerprint density at radius 1 is 1.19 bits per heavy atom. The number of esters is 1. The van der Waals surface area contributed by atoms with E-state index in [0.717, 1.165) is 11.3 Å². The fraction of sp³-hybridized carbons (Fsp3) is 0.133. The fourth-order valence-corrected chi connectivity index (χ4v) is 2.02. The van der Waals surface area contributed by atoms with Gasteiger partial charge in [0.15, 0.2) is 0 Å². The standard InChI is InChI=1S/C15H16BNO4/c1-21-15(18)11-6-4-7-13(9-11)17-10-12-5-2-3-8-14(12)16(19)20/h2-9,17,19-20H,10H2,1H3. The van der Waals surface area contributed by atoms with Crippen LogP contribution in [0.1, 0.15) is 15.9 Å². The Kier molecular flexibility index (Phi) is 4.97. The predicted octanol–water partition coefficient (Wildman–Crippen LogP) is 0.765. The first-order valence-corrected chi connectivity index (χ1v) is 6.48. The molecule has 6 heteroatoms. The number of ether oxygens (including phenoxy) is 1. The Morgan fingerprint density at radius 2 is 1.95 bits per heavy atom. The van der Waals surface area contributed by atoms with E-state index in [2.05, 4.69) is 10.1 Å². The lowest BCUT2D eigenvalue weighted by atomic mass is 9.77. The molecule has 21 heavy (non-hydrogen) atoms. The quantitative estimate of drug-likeness (QED) is 0.558. The number of rotatable bonds is 5. The molecule has 2 aromatic rings. The number of hydrogen-bond donors (Lipinski definition) is 3. The minimum atomic E-state index is -1.51. The van der Waals surface area contributed by atoms with Gasteiger partial charge in [-0.3, -0.25) is 0 Å². The minimum Gasteiger partial charge on any atom is -0.465 e. The number of benzene rings is 2. The summed E-state index contributed by atoms with van der Waals surface area (Å²) >= 11 is 0. The molecule has 0 amide bonds. The molecule has 0 aliphatic rings. The molecule has 2 rings (SSSR count). The lowest BCUT2D eigenvalue weighted by Crippen LogP contribution is -2.33. The Balaban J connectivity index is 2.12. The van der Waals surface area contributed by atoms with Gasteiger partial charge in [0.05, 0.1) is 12.7 Å². The maximum atomic E-state index is 11.5. The van der Waals surface area contributed by atoms with Gasteiger partial charge < -0.3 is 20.1 Å². The molecule has 0 aliphatic heterocycles. The Morgan fingerprint density at radius 3 is 2.67 bits per heavy atom. The average Bonchev–Trinajstić information content (AvgIpc) is 2.52. The molecule has 2 aromatic carbocycles. The third-order valence-corrected chi connectivity index (χ3v) is 3.10. The summed E-state index contributed by atoms with van der Waals surface area (Å²) in [4.78, 5) is 11.5. The van der Waals surface area contributed by atoms with Gasteiger partial charge in [-0.25, -0.2) is 4.79 Å². The van der Waals surface area contributed by atoms with Crippen molar-refractivity contribution in [3.05, 3.63) is 59.7 Å². The van der Waals surface area contributed by atoms with Gasteiger partial charge in [0.25, 0.3) is 0 Å². The fourth-order valence-electron chi connectivity index (χ4n) is 2.02. The van der Waals surface area contributed by atoms with E-state index >= 15 is 0 Å². The van der Waals surface area contributed by atoms with E-state index in [1.165, 1.54) is 7.11 Å². The third kappa shape index (κ3) is 3.84. The molecule has 0 spiro atoms. The Bertz CT molecular complexity index is 631. The zero-order chi connectivity index (χ0) is 15.2. The molecular weight excluding hydrogens is 269 g/mol. The van der Waals surface area contributed by atoms with Crippen LogP contribution in [0.3, 0.4) is 0 Å². The monoisotopic (exact) mass is 285 g/mol. The summed E-state index contributed by atoms with van der Waals surface area (Å²) in [6, 6.07) is 14.0. The molecule has 5 nitrogen and oxygen atoms in total. The van der Waals surface area contributed by atoms with Crippen LogP contribution in [0.5, 0.6) is 0 Å². The van der Waals surface area contributed by atoms with Crippen molar-refractivity contribution in [3.8, 4) is 0 Å². The summed E-state index contributed by atoms with van der Waals surface area (Å²) < 4.78 is 4.67. The van der Waals surface area contributed by atoms with E-state index in [1.54, 1.807) is 30.3 Å². The Labute approximate surface area is 123 Å².